The summed E-state index contributed by atoms with van der Waals surface area (Å²) in [5.41, 5.74) is 7.76. The molecule has 0 amide bonds. The first-order chi connectivity index (χ1) is 11.9. The highest BCUT2D eigenvalue weighted by Crippen LogP contribution is 2.49. The van der Waals surface area contributed by atoms with Crippen molar-refractivity contribution in [2.24, 2.45) is 0 Å². The third-order valence-electron chi connectivity index (χ3n) is 3.41. The van der Waals surface area contributed by atoms with Crippen LogP contribution >= 0.6 is 19.8 Å². The van der Waals surface area contributed by atoms with Crippen molar-refractivity contribution >= 4 is 31.0 Å². The second-order valence-electron chi connectivity index (χ2n) is 5.16. The van der Waals surface area contributed by atoms with Gasteiger partial charge in [0, 0.05) is 5.56 Å². The van der Waals surface area contributed by atoms with E-state index in [1.807, 2.05) is 25.1 Å². The smallest absolute Gasteiger partial charge is 0.368 e. The fourth-order valence-electron chi connectivity index (χ4n) is 2.32. The Labute approximate surface area is 151 Å². The number of nitrogens with two attached hydrogens (primary N) is 1. The molecule has 6 nitrogen and oxygen atoms in total. The van der Waals surface area contributed by atoms with Crippen molar-refractivity contribution in [3.63, 3.8) is 0 Å². The minimum Gasteiger partial charge on any atom is -0.438 e. The number of benzene rings is 1. The maximum absolute atomic E-state index is 13.1. The molecular weight excluding hydrogens is 359 g/mol. The van der Waals surface area contributed by atoms with Gasteiger partial charge in [0.05, 0.1) is 17.7 Å². The highest BCUT2D eigenvalue weighted by Gasteiger charge is 2.34. The van der Waals surface area contributed by atoms with Gasteiger partial charge in [-0.2, -0.15) is 5.26 Å². The molecule has 1 heterocycles. The van der Waals surface area contributed by atoms with Crippen molar-refractivity contribution in [2.75, 3.05) is 18.9 Å². The first kappa shape index (κ1) is 19.4. The van der Waals surface area contributed by atoms with Gasteiger partial charge < -0.3 is 19.2 Å². The standard InChI is InChI=1S/C17H19N2O4PS/c1-4-21-24(20,22-5-2)15-16(25)13(10-18)14(23-17(15)19)12-8-6-11(3)7-9-12/h6-9H,4-5,19H2,1-3H3. The fourth-order valence-corrected chi connectivity index (χ4v) is 4.58. The van der Waals surface area contributed by atoms with Gasteiger partial charge in [0.1, 0.15) is 16.9 Å². The molecule has 0 saturated carbocycles. The molecule has 1 aromatic carbocycles. The molecule has 0 fully saturated rings. The topological polar surface area (TPSA) is 98.5 Å². The molecule has 25 heavy (non-hydrogen) atoms. The monoisotopic (exact) mass is 378 g/mol. The maximum atomic E-state index is 13.1. The number of nitrogen functional groups attached to an aromatic ring is 1. The van der Waals surface area contributed by atoms with E-state index in [0.717, 1.165) is 5.56 Å². The fraction of sp³-hybridized carbons (Fsp3) is 0.294. The van der Waals surface area contributed by atoms with Gasteiger partial charge in [0.15, 0.2) is 5.76 Å². The number of nitrogens with zero attached hydrogens (tertiary/aromatic N) is 1. The van der Waals surface area contributed by atoms with E-state index in [2.05, 4.69) is 0 Å². The number of rotatable bonds is 6. The first-order valence-corrected chi connectivity index (χ1v) is 9.66. The van der Waals surface area contributed by atoms with Crippen molar-refractivity contribution in [3.05, 3.63) is 39.9 Å². The summed E-state index contributed by atoms with van der Waals surface area (Å²) < 4.78 is 29.3. The van der Waals surface area contributed by atoms with Crippen molar-refractivity contribution < 1.29 is 18.0 Å². The lowest BCUT2D eigenvalue weighted by molar-refractivity contribution is 0.229. The highest BCUT2D eigenvalue weighted by atomic mass is 32.1. The summed E-state index contributed by atoms with van der Waals surface area (Å²) in [6.07, 6.45) is 0. The molecule has 2 rings (SSSR count). The van der Waals surface area contributed by atoms with Crippen molar-refractivity contribution in [1.29, 1.82) is 5.26 Å². The molecule has 0 aliphatic heterocycles. The van der Waals surface area contributed by atoms with Gasteiger partial charge in [-0.3, -0.25) is 4.57 Å². The molecule has 2 aromatic rings. The Morgan fingerprint density at radius 1 is 1.24 bits per heavy atom. The molecule has 0 spiro atoms. The summed E-state index contributed by atoms with van der Waals surface area (Å²) in [6, 6.07) is 9.37. The van der Waals surface area contributed by atoms with Crippen LogP contribution in [0.2, 0.25) is 0 Å². The molecule has 0 unspecified atom stereocenters. The minimum absolute atomic E-state index is 0.0204. The summed E-state index contributed by atoms with van der Waals surface area (Å²) in [5, 5.41) is 9.50. The molecule has 1 aromatic heterocycles. The molecule has 8 heteroatoms. The molecular formula is C17H19N2O4PS. The van der Waals surface area contributed by atoms with Crippen LogP contribution in [-0.4, -0.2) is 13.2 Å². The number of hydrogen-bond acceptors (Lipinski definition) is 7. The van der Waals surface area contributed by atoms with Gasteiger partial charge in [0.2, 0.25) is 5.88 Å². The van der Waals surface area contributed by atoms with Gasteiger partial charge in [-0.05, 0) is 20.8 Å². The van der Waals surface area contributed by atoms with E-state index >= 15 is 0 Å². The zero-order valence-electron chi connectivity index (χ0n) is 14.2. The van der Waals surface area contributed by atoms with E-state index < -0.39 is 7.60 Å². The lowest BCUT2D eigenvalue weighted by Gasteiger charge is -2.19. The summed E-state index contributed by atoms with van der Waals surface area (Å²) >= 11 is 5.37. The van der Waals surface area contributed by atoms with Gasteiger partial charge in [-0.15, -0.1) is 0 Å². The lowest BCUT2D eigenvalue weighted by atomic mass is 10.1. The van der Waals surface area contributed by atoms with Crippen LogP contribution in [0.5, 0.6) is 0 Å². The first-order valence-electron chi connectivity index (χ1n) is 7.71. The van der Waals surface area contributed by atoms with Crippen molar-refractivity contribution in [2.45, 2.75) is 20.8 Å². The second-order valence-corrected chi connectivity index (χ2v) is 7.53. The molecule has 0 radical (unpaired) electrons. The quantitative estimate of drug-likeness (QED) is 0.590. The Morgan fingerprint density at radius 2 is 1.80 bits per heavy atom. The van der Waals surface area contributed by atoms with Gasteiger partial charge in [0.25, 0.3) is 0 Å². The van der Waals surface area contributed by atoms with Gasteiger partial charge in [-0.1, -0.05) is 42.0 Å². The van der Waals surface area contributed by atoms with Crippen LogP contribution in [0.25, 0.3) is 11.3 Å². The number of hydrogen-bond donors (Lipinski definition) is 1. The van der Waals surface area contributed by atoms with E-state index in [0.29, 0.717) is 5.56 Å². The Bertz CT molecular complexity index is 906. The van der Waals surface area contributed by atoms with Crippen LogP contribution in [0.4, 0.5) is 5.88 Å². The van der Waals surface area contributed by atoms with E-state index in [-0.39, 0.29) is 40.2 Å². The summed E-state index contributed by atoms with van der Waals surface area (Å²) in [4.78, 5) is 0. The molecule has 0 bridgehead atoms. The molecule has 132 valence electrons. The van der Waals surface area contributed by atoms with Crippen LogP contribution in [-0.2, 0) is 13.6 Å². The van der Waals surface area contributed by atoms with Gasteiger partial charge in [-0.25, -0.2) is 0 Å². The third-order valence-corrected chi connectivity index (χ3v) is 6.16. The van der Waals surface area contributed by atoms with Crippen molar-refractivity contribution in [3.8, 4) is 17.4 Å². The second kappa shape index (κ2) is 7.94. The minimum atomic E-state index is -3.78. The van der Waals surface area contributed by atoms with E-state index in [4.69, 9.17) is 31.4 Å². The van der Waals surface area contributed by atoms with Crippen LogP contribution in [0, 0.1) is 22.8 Å². The molecule has 0 atom stereocenters. The zero-order chi connectivity index (χ0) is 18.6. The largest absolute Gasteiger partial charge is 0.438 e. The summed E-state index contributed by atoms with van der Waals surface area (Å²) in [5.74, 6) is 0.0538. The predicted molar refractivity (Wildman–Crippen MR) is 99.3 cm³/mol. The van der Waals surface area contributed by atoms with Gasteiger partial charge >= 0.3 is 7.60 Å². The van der Waals surface area contributed by atoms with E-state index in [1.165, 1.54) is 0 Å². The zero-order valence-corrected chi connectivity index (χ0v) is 15.9. The van der Waals surface area contributed by atoms with Crippen LogP contribution in [0.1, 0.15) is 25.0 Å². The predicted octanol–water partition coefficient (Wildman–Crippen LogP) is 4.33. The Balaban J connectivity index is 2.75. The van der Waals surface area contributed by atoms with E-state index in [1.54, 1.807) is 26.0 Å². The lowest BCUT2D eigenvalue weighted by Crippen LogP contribution is -2.18. The summed E-state index contributed by atoms with van der Waals surface area (Å²) in [6.45, 7) is 5.56. The molecule has 0 aliphatic carbocycles. The molecule has 0 saturated heterocycles. The van der Waals surface area contributed by atoms with Crippen molar-refractivity contribution in [1.82, 2.24) is 0 Å². The number of anilines is 1. The normalized spacial score (nSPS) is 11.3. The molecule has 0 aliphatic rings. The average Bonchev–Trinajstić information content (AvgIpc) is 2.55. The van der Waals surface area contributed by atoms with Crippen LogP contribution < -0.4 is 11.0 Å². The Hall–Kier alpha value is -1.97. The van der Waals surface area contributed by atoms with E-state index in [9.17, 15) is 9.83 Å². The number of aryl methyl sites for hydroxylation is 1. The number of nitriles is 1. The summed E-state index contributed by atoms with van der Waals surface area (Å²) in [7, 11) is -3.78. The van der Waals surface area contributed by atoms with Crippen LogP contribution in [0.15, 0.2) is 28.7 Å². The Morgan fingerprint density at radius 3 is 2.28 bits per heavy atom. The third kappa shape index (κ3) is 3.83. The SMILES string of the molecule is CCOP(=O)(OCC)c1c(N)oc(-c2ccc(C)cc2)c(C#N)c1=S. The maximum Gasteiger partial charge on any atom is 0.368 e. The highest BCUT2D eigenvalue weighted by molar-refractivity contribution is 7.73. The Kier molecular flexibility index (Phi) is 6.15. The average molecular weight is 378 g/mol. The molecule has 2 N–H and O–H groups in total. The van der Waals surface area contributed by atoms with Crippen LogP contribution in [0.3, 0.4) is 0 Å².